The third-order valence-electron chi connectivity index (χ3n) is 4.40. The zero-order valence-corrected chi connectivity index (χ0v) is 16.3. The first-order valence-electron chi connectivity index (χ1n) is 9.33. The lowest BCUT2D eigenvalue weighted by Crippen LogP contribution is -2.23. The van der Waals surface area contributed by atoms with Crippen LogP contribution in [0.4, 0.5) is 4.79 Å². The maximum atomic E-state index is 12.2. The van der Waals surface area contributed by atoms with Crippen molar-refractivity contribution in [3.05, 3.63) is 36.1 Å². The van der Waals surface area contributed by atoms with Crippen LogP contribution >= 0.6 is 0 Å². The van der Waals surface area contributed by atoms with Gasteiger partial charge in [-0.05, 0) is 25.5 Å². The molecule has 30 heavy (non-hydrogen) atoms. The first-order chi connectivity index (χ1) is 14.4. The van der Waals surface area contributed by atoms with Crippen LogP contribution in [-0.2, 0) is 9.53 Å². The predicted molar refractivity (Wildman–Crippen MR) is 107 cm³/mol. The summed E-state index contributed by atoms with van der Waals surface area (Å²) in [5.41, 5.74) is 0.0474. The summed E-state index contributed by atoms with van der Waals surface area (Å²) in [6.07, 6.45) is 0.209. The maximum absolute atomic E-state index is 12.2. The van der Waals surface area contributed by atoms with E-state index in [2.05, 4.69) is 5.32 Å². The first-order valence-corrected chi connectivity index (χ1v) is 9.33. The van der Waals surface area contributed by atoms with Crippen molar-refractivity contribution >= 4 is 39.6 Å². The number of aromatic hydroxyl groups is 1. The van der Waals surface area contributed by atoms with Crippen molar-refractivity contribution in [1.29, 1.82) is 0 Å². The standard InChI is InChI=1S/C21H21NO8/c1-12(23)16-10-15-19(14-7-3-2-6-13(14)18(26)20(15)29-16)30-21(27)28-9-5-4-8-22-11-17(24)25/h2-3,6-7,10,22,26H,4-5,8-9,11H2,1H3,(H,24,25). The van der Waals surface area contributed by atoms with E-state index >= 15 is 0 Å². The van der Waals surface area contributed by atoms with E-state index in [0.717, 1.165) is 0 Å². The van der Waals surface area contributed by atoms with E-state index in [4.69, 9.17) is 19.0 Å². The van der Waals surface area contributed by atoms with Gasteiger partial charge in [0.2, 0.25) is 0 Å². The molecule has 2 aromatic carbocycles. The van der Waals surface area contributed by atoms with Crippen LogP contribution in [0.2, 0.25) is 0 Å². The number of hydrogen-bond donors (Lipinski definition) is 3. The van der Waals surface area contributed by atoms with Crippen molar-refractivity contribution in [3.8, 4) is 11.5 Å². The molecule has 0 bridgehead atoms. The van der Waals surface area contributed by atoms with Crippen LogP contribution in [0.15, 0.2) is 34.7 Å². The van der Waals surface area contributed by atoms with Crippen LogP contribution in [0.25, 0.3) is 21.7 Å². The molecule has 0 spiro atoms. The van der Waals surface area contributed by atoms with Gasteiger partial charge in [0.15, 0.2) is 28.6 Å². The van der Waals surface area contributed by atoms with Gasteiger partial charge in [0.1, 0.15) is 0 Å². The van der Waals surface area contributed by atoms with Crippen LogP contribution in [0, 0.1) is 0 Å². The average molecular weight is 415 g/mol. The van der Waals surface area contributed by atoms with Gasteiger partial charge in [0.05, 0.1) is 18.5 Å². The number of ketones is 1. The molecule has 0 saturated heterocycles. The Balaban J connectivity index is 1.74. The molecular formula is C21H21NO8. The second-order valence-electron chi connectivity index (χ2n) is 6.61. The van der Waals surface area contributed by atoms with E-state index in [-0.39, 0.29) is 47.2 Å². The largest absolute Gasteiger partial charge is 0.513 e. The molecule has 0 unspecified atom stereocenters. The molecule has 1 aromatic heterocycles. The van der Waals surface area contributed by atoms with Gasteiger partial charge in [-0.1, -0.05) is 24.3 Å². The third kappa shape index (κ3) is 4.69. The molecular weight excluding hydrogens is 394 g/mol. The number of phenolic OH excluding ortho intramolecular Hbond substituents is 1. The number of furan rings is 1. The lowest BCUT2D eigenvalue weighted by molar-refractivity contribution is -0.135. The summed E-state index contributed by atoms with van der Waals surface area (Å²) in [5, 5.41) is 23.0. The van der Waals surface area contributed by atoms with Crippen LogP contribution in [0.3, 0.4) is 0 Å². The predicted octanol–water partition coefficient (Wildman–Crippen LogP) is 3.46. The lowest BCUT2D eigenvalue weighted by atomic mass is 10.1. The van der Waals surface area contributed by atoms with Gasteiger partial charge < -0.3 is 29.4 Å². The zero-order chi connectivity index (χ0) is 21.7. The number of carboxylic acids is 1. The fraction of sp³-hybridized carbons (Fsp3) is 0.286. The lowest BCUT2D eigenvalue weighted by Gasteiger charge is -2.11. The Labute approximate surface area is 171 Å². The average Bonchev–Trinajstić information content (AvgIpc) is 3.16. The van der Waals surface area contributed by atoms with Gasteiger partial charge >= 0.3 is 12.1 Å². The zero-order valence-electron chi connectivity index (χ0n) is 16.3. The number of Topliss-reactive ketones (excluding diaryl/α,β-unsaturated/α-hetero) is 1. The van der Waals surface area contributed by atoms with Crippen molar-refractivity contribution in [2.45, 2.75) is 19.8 Å². The fourth-order valence-corrected chi connectivity index (χ4v) is 2.99. The van der Waals surface area contributed by atoms with Gasteiger partial charge in [0.25, 0.3) is 0 Å². The smallest absolute Gasteiger partial charge is 0.504 e. The van der Waals surface area contributed by atoms with Crippen molar-refractivity contribution in [2.75, 3.05) is 19.7 Å². The minimum atomic E-state index is -0.936. The van der Waals surface area contributed by atoms with E-state index in [1.165, 1.54) is 13.0 Å². The molecule has 3 aromatic rings. The second kappa shape index (κ2) is 9.27. The van der Waals surface area contributed by atoms with Crippen LogP contribution in [-0.4, -0.2) is 47.8 Å². The van der Waals surface area contributed by atoms with Gasteiger partial charge in [-0.15, -0.1) is 0 Å². The Hall–Kier alpha value is -3.59. The fourth-order valence-electron chi connectivity index (χ4n) is 2.99. The Morgan fingerprint density at radius 2 is 1.83 bits per heavy atom. The molecule has 3 N–H and O–H groups in total. The molecule has 3 rings (SSSR count). The monoisotopic (exact) mass is 415 g/mol. The first kappa shape index (κ1) is 21.1. The number of nitrogens with one attached hydrogen (secondary N) is 1. The van der Waals surface area contributed by atoms with Crippen LogP contribution in [0.1, 0.15) is 30.3 Å². The summed E-state index contributed by atoms with van der Waals surface area (Å²) < 4.78 is 16.0. The Morgan fingerprint density at radius 1 is 1.10 bits per heavy atom. The molecule has 0 saturated carbocycles. The molecule has 0 atom stereocenters. The van der Waals surface area contributed by atoms with E-state index in [1.807, 2.05) is 0 Å². The van der Waals surface area contributed by atoms with Crippen LogP contribution < -0.4 is 10.1 Å². The number of hydrogen-bond acceptors (Lipinski definition) is 8. The Morgan fingerprint density at radius 3 is 2.53 bits per heavy atom. The molecule has 0 aliphatic rings. The molecule has 0 amide bonds. The van der Waals surface area contributed by atoms with E-state index in [1.54, 1.807) is 24.3 Å². The van der Waals surface area contributed by atoms with Crippen molar-refractivity contribution in [3.63, 3.8) is 0 Å². The topological polar surface area (TPSA) is 135 Å². The van der Waals surface area contributed by atoms with E-state index < -0.39 is 12.1 Å². The molecule has 0 fully saturated rings. The number of rotatable bonds is 9. The summed E-state index contributed by atoms with van der Waals surface area (Å²) in [6, 6.07) is 8.17. The number of fused-ring (bicyclic) bond motifs is 2. The van der Waals surface area contributed by atoms with Gasteiger partial charge in [-0.2, -0.15) is 0 Å². The molecule has 1 heterocycles. The van der Waals surface area contributed by atoms with Crippen molar-refractivity contribution < 1.29 is 38.5 Å². The van der Waals surface area contributed by atoms with E-state index in [0.29, 0.717) is 30.2 Å². The van der Waals surface area contributed by atoms with Crippen molar-refractivity contribution in [2.24, 2.45) is 0 Å². The second-order valence-corrected chi connectivity index (χ2v) is 6.61. The highest BCUT2D eigenvalue weighted by Crippen LogP contribution is 2.43. The normalized spacial score (nSPS) is 11.0. The molecule has 9 heteroatoms. The highest BCUT2D eigenvalue weighted by molar-refractivity contribution is 6.11. The van der Waals surface area contributed by atoms with Crippen LogP contribution in [0.5, 0.6) is 11.5 Å². The molecule has 0 aliphatic carbocycles. The molecule has 9 nitrogen and oxygen atoms in total. The molecule has 158 valence electrons. The SMILES string of the molecule is CC(=O)c1cc2c(OC(=O)OCCCCNCC(=O)O)c3ccccc3c(O)c2o1. The minimum absolute atomic E-state index is 0.0303. The van der Waals surface area contributed by atoms with Crippen molar-refractivity contribution in [1.82, 2.24) is 5.32 Å². The van der Waals surface area contributed by atoms with Gasteiger partial charge in [-0.25, -0.2) is 4.79 Å². The summed E-state index contributed by atoms with van der Waals surface area (Å²) in [5.74, 6) is -1.26. The quantitative estimate of drug-likeness (QED) is 0.208. The Bertz CT molecular complexity index is 1100. The highest BCUT2D eigenvalue weighted by Gasteiger charge is 2.22. The number of ether oxygens (including phenoxy) is 2. The number of phenols is 1. The molecule has 0 aliphatic heterocycles. The summed E-state index contributed by atoms with van der Waals surface area (Å²) in [7, 11) is 0. The summed E-state index contributed by atoms with van der Waals surface area (Å²) in [4.78, 5) is 34.3. The summed E-state index contributed by atoms with van der Waals surface area (Å²) >= 11 is 0. The maximum Gasteiger partial charge on any atom is 0.513 e. The molecule has 0 radical (unpaired) electrons. The van der Waals surface area contributed by atoms with E-state index in [9.17, 15) is 19.5 Å². The number of unbranched alkanes of at least 4 members (excludes halogenated alkanes) is 1. The summed E-state index contributed by atoms with van der Waals surface area (Å²) in [6.45, 7) is 1.78. The number of carbonyl (C=O) groups is 3. The number of benzene rings is 2. The minimum Gasteiger partial charge on any atom is -0.504 e. The number of carboxylic acid groups (broad SMARTS) is 1. The Kier molecular flexibility index (Phi) is 6.53. The number of aliphatic carboxylic acids is 1. The highest BCUT2D eigenvalue weighted by atomic mass is 16.7. The number of carbonyl (C=O) groups excluding carboxylic acids is 2. The van der Waals surface area contributed by atoms with Gasteiger partial charge in [-0.3, -0.25) is 9.59 Å². The van der Waals surface area contributed by atoms with Gasteiger partial charge in [0, 0.05) is 17.7 Å². The third-order valence-corrected chi connectivity index (χ3v) is 4.40.